The van der Waals surface area contributed by atoms with Gasteiger partial charge in [-0.3, -0.25) is 4.79 Å². The molecule has 11 heteroatoms. The number of hydrogen-bond donors (Lipinski definition) is 1. The zero-order chi connectivity index (χ0) is 25.8. The summed E-state index contributed by atoms with van der Waals surface area (Å²) in [7, 11) is 0.0360. The third-order valence-corrected chi connectivity index (χ3v) is 7.72. The molecule has 1 amide bonds. The van der Waals surface area contributed by atoms with E-state index in [2.05, 4.69) is 5.32 Å². The smallest absolute Gasteiger partial charge is 0.337 e. The predicted octanol–water partition coefficient (Wildman–Crippen LogP) is 2.62. The van der Waals surface area contributed by atoms with Crippen molar-refractivity contribution in [3.63, 3.8) is 0 Å². The fourth-order valence-corrected chi connectivity index (χ4v) is 5.61. The van der Waals surface area contributed by atoms with Crippen LogP contribution in [0, 0.1) is 12.8 Å². The maximum atomic E-state index is 13.2. The Hall–Kier alpha value is -3.44. The average Bonchev–Trinajstić information content (AvgIpc) is 2.87. The van der Waals surface area contributed by atoms with E-state index in [-0.39, 0.29) is 46.5 Å². The Morgan fingerprint density at radius 2 is 1.49 bits per heavy atom. The number of amides is 1. The summed E-state index contributed by atoms with van der Waals surface area (Å²) in [5, 5.41) is 2.72. The number of aryl methyl sites for hydroxylation is 1. The molecular weight excluding hydrogens is 476 g/mol. The maximum Gasteiger partial charge on any atom is 0.337 e. The van der Waals surface area contributed by atoms with Crippen LogP contribution in [0.3, 0.4) is 0 Å². The van der Waals surface area contributed by atoms with Gasteiger partial charge in [0.15, 0.2) is 0 Å². The highest BCUT2D eigenvalue weighted by Gasteiger charge is 2.34. The zero-order valence-corrected chi connectivity index (χ0v) is 20.8. The van der Waals surface area contributed by atoms with Crippen molar-refractivity contribution in [3.8, 4) is 5.75 Å². The number of nitrogens with zero attached hydrogens (tertiary/aromatic N) is 1. The summed E-state index contributed by atoms with van der Waals surface area (Å²) in [4.78, 5) is 36.9. The van der Waals surface area contributed by atoms with Crippen molar-refractivity contribution in [2.75, 3.05) is 39.7 Å². The van der Waals surface area contributed by atoms with Gasteiger partial charge in [-0.25, -0.2) is 18.0 Å². The number of esters is 2. The largest absolute Gasteiger partial charge is 0.495 e. The molecule has 1 N–H and O–H groups in total. The standard InChI is InChI=1S/C24H28N2O8S/c1-15-5-6-20(32-2)21(11-15)35(30,31)26-9-7-16(8-10-26)22(27)25-19-13-17(23(28)33-3)12-18(14-19)24(29)34-4/h5-6,11-14,16H,7-10H2,1-4H3,(H,25,27). The number of carbonyl (C=O) groups is 3. The van der Waals surface area contributed by atoms with Gasteiger partial charge in [-0.2, -0.15) is 4.31 Å². The first kappa shape index (κ1) is 26.2. The number of methoxy groups -OCH3 is 3. The van der Waals surface area contributed by atoms with Gasteiger partial charge in [0.1, 0.15) is 10.6 Å². The molecular formula is C24H28N2O8S. The number of sulfonamides is 1. The molecule has 1 aliphatic heterocycles. The number of benzene rings is 2. The molecule has 0 bridgehead atoms. The van der Waals surface area contributed by atoms with Gasteiger partial charge in [0.2, 0.25) is 15.9 Å². The molecule has 0 aromatic heterocycles. The van der Waals surface area contributed by atoms with Crippen molar-refractivity contribution in [2.24, 2.45) is 5.92 Å². The molecule has 35 heavy (non-hydrogen) atoms. The number of hydrogen-bond acceptors (Lipinski definition) is 8. The zero-order valence-electron chi connectivity index (χ0n) is 20.0. The second-order valence-corrected chi connectivity index (χ2v) is 10.0. The van der Waals surface area contributed by atoms with Crippen LogP contribution in [0.1, 0.15) is 39.1 Å². The molecule has 0 aliphatic carbocycles. The van der Waals surface area contributed by atoms with Gasteiger partial charge >= 0.3 is 11.9 Å². The van der Waals surface area contributed by atoms with Crippen molar-refractivity contribution in [3.05, 3.63) is 53.1 Å². The Morgan fingerprint density at radius 3 is 2.00 bits per heavy atom. The minimum absolute atomic E-state index is 0.0821. The van der Waals surface area contributed by atoms with Crippen molar-refractivity contribution in [1.82, 2.24) is 4.31 Å². The molecule has 1 fully saturated rings. The van der Waals surface area contributed by atoms with Crippen molar-refractivity contribution >= 4 is 33.6 Å². The molecule has 0 saturated carbocycles. The van der Waals surface area contributed by atoms with Crippen LogP contribution in [-0.4, -0.2) is 65.0 Å². The molecule has 188 valence electrons. The number of rotatable bonds is 7. The molecule has 0 unspecified atom stereocenters. The number of piperidine rings is 1. The van der Waals surface area contributed by atoms with Crippen molar-refractivity contribution < 1.29 is 37.0 Å². The summed E-state index contributed by atoms with van der Waals surface area (Å²) >= 11 is 0. The lowest BCUT2D eigenvalue weighted by Gasteiger charge is -2.31. The van der Waals surface area contributed by atoms with Crippen LogP contribution >= 0.6 is 0 Å². The van der Waals surface area contributed by atoms with E-state index < -0.39 is 27.9 Å². The molecule has 0 radical (unpaired) electrons. The molecule has 1 heterocycles. The van der Waals surface area contributed by atoms with E-state index in [0.29, 0.717) is 12.8 Å². The van der Waals surface area contributed by atoms with E-state index in [1.807, 2.05) is 0 Å². The lowest BCUT2D eigenvalue weighted by molar-refractivity contribution is -0.120. The Balaban J connectivity index is 1.73. The van der Waals surface area contributed by atoms with Crippen LogP contribution in [-0.2, 0) is 24.3 Å². The summed E-state index contributed by atoms with van der Waals surface area (Å²) in [5.41, 5.74) is 1.19. The normalized spacial score (nSPS) is 14.7. The van der Waals surface area contributed by atoms with Crippen LogP contribution in [0.5, 0.6) is 5.75 Å². The van der Waals surface area contributed by atoms with E-state index in [0.717, 1.165) is 5.56 Å². The number of anilines is 1. The fraction of sp³-hybridized carbons (Fsp3) is 0.375. The Bertz CT molecular complexity index is 1200. The van der Waals surface area contributed by atoms with E-state index in [4.69, 9.17) is 14.2 Å². The van der Waals surface area contributed by atoms with E-state index in [9.17, 15) is 22.8 Å². The first-order chi connectivity index (χ1) is 16.6. The second kappa shape index (κ2) is 10.9. The first-order valence-electron chi connectivity index (χ1n) is 10.9. The second-order valence-electron chi connectivity index (χ2n) is 8.10. The predicted molar refractivity (Wildman–Crippen MR) is 127 cm³/mol. The van der Waals surface area contributed by atoms with E-state index >= 15 is 0 Å². The summed E-state index contributed by atoms with van der Waals surface area (Å²) in [6.45, 7) is 2.12. The van der Waals surface area contributed by atoms with Gasteiger partial charge < -0.3 is 19.5 Å². The fourth-order valence-electron chi connectivity index (χ4n) is 3.90. The highest BCUT2D eigenvalue weighted by molar-refractivity contribution is 7.89. The SMILES string of the molecule is COC(=O)c1cc(NC(=O)C2CCN(S(=O)(=O)c3cc(C)ccc3OC)CC2)cc(C(=O)OC)c1. The summed E-state index contributed by atoms with van der Waals surface area (Å²) in [6.07, 6.45) is 0.611. The highest BCUT2D eigenvalue weighted by Crippen LogP contribution is 2.31. The van der Waals surface area contributed by atoms with Gasteiger partial charge in [0.05, 0.1) is 32.5 Å². The molecule has 1 aliphatic rings. The topological polar surface area (TPSA) is 128 Å². The van der Waals surface area contributed by atoms with Crippen molar-refractivity contribution in [2.45, 2.75) is 24.7 Å². The third kappa shape index (κ3) is 5.80. The van der Waals surface area contributed by atoms with Crippen LogP contribution < -0.4 is 10.1 Å². The van der Waals surface area contributed by atoms with Crippen LogP contribution in [0.25, 0.3) is 0 Å². The van der Waals surface area contributed by atoms with E-state index in [1.165, 1.54) is 43.8 Å². The molecule has 1 saturated heterocycles. The van der Waals surface area contributed by atoms with Gasteiger partial charge in [-0.15, -0.1) is 0 Å². The van der Waals surface area contributed by atoms with Crippen LogP contribution in [0.2, 0.25) is 0 Å². The number of ether oxygens (including phenoxy) is 3. The number of carbonyl (C=O) groups excluding carboxylic acids is 3. The van der Waals surface area contributed by atoms with Gasteiger partial charge in [-0.1, -0.05) is 6.07 Å². The quantitative estimate of drug-likeness (QED) is 0.570. The molecule has 2 aromatic carbocycles. The maximum absolute atomic E-state index is 13.2. The summed E-state index contributed by atoms with van der Waals surface area (Å²) in [5.74, 6) is -1.87. The lowest BCUT2D eigenvalue weighted by Crippen LogP contribution is -2.41. The van der Waals surface area contributed by atoms with Crippen LogP contribution in [0.4, 0.5) is 5.69 Å². The molecule has 2 aromatic rings. The molecule has 10 nitrogen and oxygen atoms in total. The lowest BCUT2D eigenvalue weighted by atomic mass is 9.97. The minimum atomic E-state index is -3.80. The third-order valence-electron chi connectivity index (χ3n) is 5.80. The monoisotopic (exact) mass is 504 g/mol. The van der Waals surface area contributed by atoms with E-state index in [1.54, 1.807) is 25.1 Å². The Morgan fingerprint density at radius 1 is 0.914 bits per heavy atom. The van der Waals surface area contributed by atoms with Gasteiger partial charge in [-0.05, 0) is 55.7 Å². The Kier molecular flexibility index (Phi) is 8.13. The summed E-state index contributed by atoms with van der Waals surface area (Å²) < 4.78 is 42.4. The number of nitrogens with one attached hydrogen (secondary N) is 1. The highest BCUT2D eigenvalue weighted by atomic mass is 32.2. The molecule has 0 spiro atoms. The Labute approximate surface area is 204 Å². The summed E-state index contributed by atoms with van der Waals surface area (Å²) in [6, 6.07) is 9.08. The average molecular weight is 505 g/mol. The minimum Gasteiger partial charge on any atom is -0.495 e. The van der Waals surface area contributed by atoms with Gasteiger partial charge in [0, 0.05) is 24.7 Å². The van der Waals surface area contributed by atoms with Gasteiger partial charge in [0.25, 0.3) is 0 Å². The van der Waals surface area contributed by atoms with Crippen molar-refractivity contribution in [1.29, 1.82) is 0 Å². The van der Waals surface area contributed by atoms with Crippen LogP contribution in [0.15, 0.2) is 41.3 Å². The molecule has 0 atom stereocenters. The molecule has 3 rings (SSSR count). The first-order valence-corrected chi connectivity index (χ1v) is 12.3.